The molecule has 7 heteroatoms. The van der Waals surface area contributed by atoms with E-state index in [1.165, 1.54) is 11.3 Å². The molecular weight excluding hydrogens is 254 g/mol. The van der Waals surface area contributed by atoms with E-state index in [0.717, 1.165) is 4.88 Å². The Bertz CT molecular complexity index is 431. The molecule has 1 unspecified atom stereocenters. The molecule has 0 aliphatic rings. The van der Waals surface area contributed by atoms with Gasteiger partial charge in [0.15, 0.2) is 5.13 Å². The molecule has 100 valence electrons. The Labute approximate surface area is 109 Å². The number of aliphatic carboxylic acids is 1. The third kappa shape index (κ3) is 4.33. The fourth-order valence-corrected chi connectivity index (χ4v) is 2.02. The number of hydrogen-bond donors (Lipinski definition) is 3. The lowest BCUT2D eigenvalue weighted by atomic mass is 9.96. The van der Waals surface area contributed by atoms with E-state index in [-0.39, 0.29) is 12.5 Å². The maximum Gasteiger partial charge on any atom is 0.321 e. The number of nitrogens with zero attached hydrogens (tertiary/aromatic N) is 1. The second-order valence-corrected chi connectivity index (χ2v) is 5.53. The molecule has 3 N–H and O–H groups in total. The Morgan fingerprint density at radius 1 is 1.50 bits per heavy atom. The number of hydrogen-bond acceptors (Lipinski definition) is 4. The van der Waals surface area contributed by atoms with Gasteiger partial charge in [-0.2, -0.15) is 0 Å². The van der Waals surface area contributed by atoms with E-state index in [4.69, 9.17) is 5.11 Å². The number of carboxylic acids is 1. The zero-order chi connectivity index (χ0) is 13.7. The number of thiazole rings is 1. The molecule has 0 saturated heterocycles. The van der Waals surface area contributed by atoms with Crippen molar-refractivity contribution in [2.75, 3.05) is 11.9 Å². The minimum absolute atomic E-state index is 0.0371. The second kappa shape index (κ2) is 6.34. The van der Waals surface area contributed by atoms with E-state index in [2.05, 4.69) is 15.6 Å². The van der Waals surface area contributed by atoms with Gasteiger partial charge in [-0.1, -0.05) is 13.8 Å². The summed E-state index contributed by atoms with van der Waals surface area (Å²) in [5.74, 6) is -1.53. The van der Waals surface area contributed by atoms with Crippen LogP contribution < -0.4 is 10.6 Å². The molecule has 0 aromatic carbocycles. The van der Waals surface area contributed by atoms with Crippen molar-refractivity contribution in [2.45, 2.75) is 20.8 Å². The highest BCUT2D eigenvalue weighted by atomic mass is 32.1. The van der Waals surface area contributed by atoms with Crippen molar-refractivity contribution in [1.82, 2.24) is 10.3 Å². The van der Waals surface area contributed by atoms with Gasteiger partial charge in [-0.15, -0.1) is 11.3 Å². The summed E-state index contributed by atoms with van der Waals surface area (Å²) in [5, 5.41) is 14.6. The zero-order valence-electron chi connectivity index (χ0n) is 10.6. The number of anilines is 1. The monoisotopic (exact) mass is 271 g/mol. The maximum atomic E-state index is 11.5. The minimum atomic E-state index is -0.907. The number of carboxylic acid groups (broad SMARTS) is 1. The Morgan fingerprint density at radius 2 is 2.17 bits per heavy atom. The molecule has 0 fully saturated rings. The number of carbonyl (C=O) groups is 2. The molecule has 0 radical (unpaired) electrons. The summed E-state index contributed by atoms with van der Waals surface area (Å²) in [5.41, 5.74) is 0. The third-order valence-corrected chi connectivity index (χ3v) is 3.27. The van der Waals surface area contributed by atoms with E-state index in [1.807, 2.05) is 20.8 Å². The summed E-state index contributed by atoms with van der Waals surface area (Å²) in [6.45, 7) is 5.61. The number of carbonyl (C=O) groups excluding carboxylic acids is 1. The van der Waals surface area contributed by atoms with Crippen LogP contribution in [-0.4, -0.2) is 28.6 Å². The van der Waals surface area contributed by atoms with Crippen molar-refractivity contribution in [3.05, 3.63) is 11.1 Å². The highest BCUT2D eigenvalue weighted by Gasteiger charge is 2.22. The number of aromatic nitrogens is 1. The molecule has 2 amide bonds. The largest absolute Gasteiger partial charge is 0.481 e. The fourth-order valence-electron chi connectivity index (χ4n) is 1.36. The van der Waals surface area contributed by atoms with Crippen LogP contribution in [0.4, 0.5) is 9.93 Å². The molecule has 1 atom stereocenters. The van der Waals surface area contributed by atoms with Crippen LogP contribution in [0.3, 0.4) is 0 Å². The molecule has 0 saturated carbocycles. The second-order valence-electron chi connectivity index (χ2n) is 4.30. The predicted octanol–water partition coefficient (Wildman–Crippen LogP) is 1.93. The average Bonchev–Trinajstić information content (AvgIpc) is 2.62. The molecule has 6 nitrogen and oxygen atoms in total. The summed E-state index contributed by atoms with van der Waals surface area (Å²) in [6.07, 6.45) is 1.66. The van der Waals surface area contributed by atoms with Crippen LogP contribution in [0.1, 0.15) is 18.7 Å². The van der Waals surface area contributed by atoms with Crippen LogP contribution in [0.15, 0.2) is 6.20 Å². The van der Waals surface area contributed by atoms with Crippen LogP contribution in [0.25, 0.3) is 0 Å². The van der Waals surface area contributed by atoms with Gasteiger partial charge >= 0.3 is 12.0 Å². The number of rotatable bonds is 5. The maximum absolute atomic E-state index is 11.5. The highest BCUT2D eigenvalue weighted by Crippen LogP contribution is 2.16. The van der Waals surface area contributed by atoms with Crippen LogP contribution in [0.5, 0.6) is 0 Å². The number of urea groups is 1. The van der Waals surface area contributed by atoms with Crippen LogP contribution in [0.2, 0.25) is 0 Å². The van der Waals surface area contributed by atoms with E-state index >= 15 is 0 Å². The predicted molar refractivity (Wildman–Crippen MR) is 69.8 cm³/mol. The number of aryl methyl sites for hydroxylation is 1. The lowest BCUT2D eigenvalue weighted by molar-refractivity contribution is -0.142. The van der Waals surface area contributed by atoms with Crippen LogP contribution in [-0.2, 0) is 4.79 Å². The van der Waals surface area contributed by atoms with Gasteiger partial charge in [-0.05, 0) is 12.8 Å². The molecular formula is C11H17N3O3S. The average molecular weight is 271 g/mol. The third-order valence-electron chi connectivity index (χ3n) is 2.45. The van der Waals surface area contributed by atoms with Gasteiger partial charge in [-0.3, -0.25) is 10.1 Å². The Hall–Kier alpha value is -1.63. The van der Waals surface area contributed by atoms with Gasteiger partial charge in [0.2, 0.25) is 0 Å². The first-order chi connectivity index (χ1) is 8.40. The van der Waals surface area contributed by atoms with Crippen LogP contribution >= 0.6 is 11.3 Å². The fraction of sp³-hybridized carbons (Fsp3) is 0.545. The number of amides is 2. The van der Waals surface area contributed by atoms with Crippen molar-refractivity contribution in [3.8, 4) is 0 Å². The smallest absolute Gasteiger partial charge is 0.321 e. The summed E-state index contributed by atoms with van der Waals surface area (Å²) < 4.78 is 0. The lowest BCUT2D eigenvalue weighted by Gasteiger charge is -2.16. The van der Waals surface area contributed by atoms with Gasteiger partial charge in [0.25, 0.3) is 0 Å². The standard InChI is InChI=1S/C11H17N3O3S/c1-6(2)8(9(15)16)5-12-10(17)14-11-13-4-7(3)18-11/h4,6,8H,5H2,1-3H3,(H,15,16)(H2,12,13,14,17). The van der Waals surface area contributed by atoms with Gasteiger partial charge in [0.1, 0.15) is 0 Å². The van der Waals surface area contributed by atoms with E-state index in [9.17, 15) is 9.59 Å². The Kier molecular flexibility index (Phi) is 5.08. The van der Waals surface area contributed by atoms with Gasteiger partial charge < -0.3 is 10.4 Å². The van der Waals surface area contributed by atoms with Crippen molar-refractivity contribution < 1.29 is 14.7 Å². The minimum Gasteiger partial charge on any atom is -0.481 e. The lowest BCUT2D eigenvalue weighted by Crippen LogP contribution is -2.37. The normalized spacial score (nSPS) is 12.2. The van der Waals surface area contributed by atoms with E-state index in [1.54, 1.807) is 6.20 Å². The van der Waals surface area contributed by atoms with Crippen molar-refractivity contribution in [3.63, 3.8) is 0 Å². The van der Waals surface area contributed by atoms with Crippen molar-refractivity contribution in [1.29, 1.82) is 0 Å². The highest BCUT2D eigenvalue weighted by molar-refractivity contribution is 7.15. The van der Waals surface area contributed by atoms with Crippen molar-refractivity contribution >= 4 is 28.5 Å². The summed E-state index contributed by atoms with van der Waals surface area (Å²) in [7, 11) is 0. The quantitative estimate of drug-likeness (QED) is 0.763. The summed E-state index contributed by atoms with van der Waals surface area (Å²) >= 11 is 1.36. The molecule has 0 aliphatic carbocycles. The first-order valence-corrected chi connectivity index (χ1v) is 6.42. The molecule has 1 aromatic heterocycles. The summed E-state index contributed by atoms with van der Waals surface area (Å²) in [4.78, 5) is 27.4. The van der Waals surface area contributed by atoms with Crippen molar-refractivity contribution in [2.24, 2.45) is 11.8 Å². The number of nitrogens with one attached hydrogen (secondary N) is 2. The van der Waals surface area contributed by atoms with Crippen LogP contribution in [0, 0.1) is 18.8 Å². The molecule has 0 spiro atoms. The molecule has 1 rings (SSSR count). The Morgan fingerprint density at radius 3 is 2.61 bits per heavy atom. The molecule has 1 heterocycles. The van der Waals surface area contributed by atoms with Gasteiger partial charge in [0.05, 0.1) is 5.92 Å². The molecule has 18 heavy (non-hydrogen) atoms. The molecule has 0 bridgehead atoms. The first-order valence-electron chi connectivity index (χ1n) is 5.60. The SMILES string of the molecule is Cc1cnc(NC(=O)NCC(C(=O)O)C(C)C)s1. The Balaban J connectivity index is 2.43. The van der Waals surface area contributed by atoms with Gasteiger partial charge in [0, 0.05) is 17.6 Å². The zero-order valence-corrected chi connectivity index (χ0v) is 11.4. The molecule has 0 aliphatic heterocycles. The van der Waals surface area contributed by atoms with E-state index < -0.39 is 17.9 Å². The molecule has 1 aromatic rings. The summed E-state index contributed by atoms with van der Waals surface area (Å²) in [6, 6.07) is -0.434. The van der Waals surface area contributed by atoms with E-state index in [0.29, 0.717) is 5.13 Å². The first kappa shape index (κ1) is 14.4. The topological polar surface area (TPSA) is 91.3 Å². The van der Waals surface area contributed by atoms with Gasteiger partial charge in [-0.25, -0.2) is 9.78 Å².